The molecule has 1 aromatic carbocycles. The zero-order chi connectivity index (χ0) is 15.0. The van der Waals surface area contributed by atoms with Gasteiger partial charge in [-0.15, -0.1) is 0 Å². The van der Waals surface area contributed by atoms with Gasteiger partial charge in [0, 0.05) is 22.8 Å². The van der Waals surface area contributed by atoms with Crippen LogP contribution in [0.4, 0.5) is 0 Å². The number of aryl methyl sites for hydroxylation is 4. The summed E-state index contributed by atoms with van der Waals surface area (Å²) in [5, 5.41) is 0.781. The minimum atomic E-state index is 0.432. The average molecular weight is 303 g/mol. The molecule has 3 rings (SSSR count). The molecule has 0 radical (unpaired) electrons. The number of pyridine rings is 1. The highest BCUT2D eigenvalue weighted by molar-refractivity contribution is 6.32. The summed E-state index contributed by atoms with van der Waals surface area (Å²) in [5.74, 6) is 1.38. The first kappa shape index (κ1) is 14.4. The van der Waals surface area contributed by atoms with E-state index in [-0.39, 0.29) is 0 Å². The monoisotopic (exact) mass is 302 g/mol. The number of halogens is 1. The second kappa shape index (κ2) is 5.66. The third kappa shape index (κ3) is 2.76. The van der Waals surface area contributed by atoms with Gasteiger partial charge in [-0.05, 0) is 68.0 Å². The van der Waals surface area contributed by atoms with Crippen molar-refractivity contribution in [3.8, 4) is 11.6 Å². The van der Waals surface area contributed by atoms with E-state index in [9.17, 15) is 0 Å². The number of fused-ring (bicyclic) bond motifs is 1. The molecule has 1 aliphatic rings. The van der Waals surface area contributed by atoms with Gasteiger partial charge in [-0.2, -0.15) is 0 Å². The molecule has 2 N–H and O–H groups in total. The van der Waals surface area contributed by atoms with Crippen LogP contribution >= 0.6 is 11.6 Å². The van der Waals surface area contributed by atoms with Crippen molar-refractivity contribution in [3.05, 3.63) is 51.2 Å². The van der Waals surface area contributed by atoms with Crippen LogP contribution in [0.3, 0.4) is 0 Å². The molecule has 0 spiro atoms. The standard InChI is InChI=1S/C17H19ClN2O/c1-10-6-14(7-11(2)16(10)18)21-17-13(9-19)8-12-4-3-5-15(12)20-17/h6-8H,3-5,9,19H2,1-2H3. The van der Waals surface area contributed by atoms with Gasteiger partial charge in [-0.3, -0.25) is 0 Å². The number of hydrogen-bond donors (Lipinski definition) is 1. The van der Waals surface area contributed by atoms with Crippen LogP contribution in [0.5, 0.6) is 11.6 Å². The zero-order valence-corrected chi connectivity index (χ0v) is 13.1. The quantitative estimate of drug-likeness (QED) is 0.929. The van der Waals surface area contributed by atoms with Crippen molar-refractivity contribution in [1.82, 2.24) is 4.98 Å². The minimum Gasteiger partial charge on any atom is -0.439 e. The normalized spacial score (nSPS) is 13.3. The number of benzene rings is 1. The summed E-state index contributed by atoms with van der Waals surface area (Å²) in [5.41, 5.74) is 11.3. The lowest BCUT2D eigenvalue weighted by Gasteiger charge is -2.13. The Morgan fingerprint density at radius 2 is 1.90 bits per heavy atom. The van der Waals surface area contributed by atoms with Crippen LogP contribution in [-0.2, 0) is 19.4 Å². The van der Waals surface area contributed by atoms with E-state index in [2.05, 4.69) is 11.1 Å². The first-order valence-corrected chi connectivity index (χ1v) is 7.62. The number of aromatic nitrogens is 1. The van der Waals surface area contributed by atoms with Crippen LogP contribution in [0.15, 0.2) is 18.2 Å². The third-order valence-corrected chi connectivity index (χ3v) is 4.53. The average Bonchev–Trinajstić information content (AvgIpc) is 2.91. The first-order chi connectivity index (χ1) is 10.1. The summed E-state index contributed by atoms with van der Waals surface area (Å²) >= 11 is 6.20. The van der Waals surface area contributed by atoms with Crippen LogP contribution < -0.4 is 10.5 Å². The highest BCUT2D eigenvalue weighted by Crippen LogP contribution is 2.32. The Labute approximate surface area is 130 Å². The van der Waals surface area contributed by atoms with Gasteiger partial charge < -0.3 is 10.5 Å². The van der Waals surface area contributed by atoms with Gasteiger partial charge in [-0.25, -0.2) is 4.98 Å². The lowest BCUT2D eigenvalue weighted by atomic mass is 10.1. The predicted octanol–water partition coefficient (Wildman–Crippen LogP) is 4.09. The fourth-order valence-corrected chi connectivity index (χ4v) is 2.92. The Bertz CT molecular complexity index is 674. The van der Waals surface area contributed by atoms with Gasteiger partial charge in [0.1, 0.15) is 5.75 Å². The molecule has 0 amide bonds. The summed E-state index contributed by atoms with van der Waals surface area (Å²) in [6, 6.07) is 6.01. The molecular formula is C17H19ClN2O. The van der Waals surface area contributed by atoms with Crippen LogP contribution in [0.2, 0.25) is 5.02 Å². The van der Waals surface area contributed by atoms with Crippen LogP contribution in [0, 0.1) is 13.8 Å². The maximum Gasteiger partial charge on any atom is 0.223 e. The summed E-state index contributed by atoms with van der Waals surface area (Å²) in [6.07, 6.45) is 3.28. The number of rotatable bonds is 3. The van der Waals surface area contributed by atoms with Crippen LogP contribution in [0.25, 0.3) is 0 Å². The maximum absolute atomic E-state index is 6.20. The van der Waals surface area contributed by atoms with Crippen LogP contribution in [-0.4, -0.2) is 4.98 Å². The van der Waals surface area contributed by atoms with Crippen LogP contribution in [0.1, 0.15) is 34.4 Å². The number of ether oxygens (including phenoxy) is 1. The molecule has 0 saturated carbocycles. The molecule has 1 aromatic heterocycles. The molecular weight excluding hydrogens is 284 g/mol. The molecule has 4 heteroatoms. The second-order valence-corrected chi connectivity index (χ2v) is 5.97. The Balaban J connectivity index is 1.98. The smallest absolute Gasteiger partial charge is 0.223 e. The van der Waals surface area contributed by atoms with E-state index < -0.39 is 0 Å². The molecule has 21 heavy (non-hydrogen) atoms. The molecule has 1 heterocycles. The lowest BCUT2D eigenvalue weighted by molar-refractivity contribution is 0.453. The summed E-state index contributed by atoms with van der Waals surface area (Å²) in [7, 11) is 0. The van der Waals surface area contributed by atoms with E-state index in [0.29, 0.717) is 12.4 Å². The van der Waals surface area contributed by atoms with Crippen molar-refractivity contribution in [2.24, 2.45) is 5.73 Å². The van der Waals surface area contributed by atoms with Gasteiger partial charge in [0.25, 0.3) is 0 Å². The molecule has 110 valence electrons. The van der Waals surface area contributed by atoms with E-state index in [1.807, 2.05) is 26.0 Å². The number of nitrogens with zero attached hydrogens (tertiary/aromatic N) is 1. The van der Waals surface area contributed by atoms with Gasteiger partial charge in [0.15, 0.2) is 0 Å². The number of hydrogen-bond acceptors (Lipinski definition) is 3. The molecule has 0 aliphatic heterocycles. The van der Waals surface area contributed by atoms with Crippen molar-refractivity contribution in [2.45, 2.75) is 39.7 Å². The molecule has 0 saturated heterocycles. The molecule has 3 nitrogen and oxygen atoms in total. The Hall–Kier alpha value is -1.58. The highest BCUT2D eigenvalue weighted by atomic mass is 35.5. The third-order valence-electron chi connectivity index (χ3n) is 3.93. The van der Waals surface area contributed by atoms with E-state index >= 15 is 0 Å². The zero-order valence-electron chi connectivity index (χ0n) is 12.4. The van der Waals surface area contributed by atoms with Crippen molar-refractivity contribution >= 4 is 11.6 Å². The van der Waals surface area contributed by atoms with E-state index in [1.54, 1.807) is 0 Å². The van der Waals surface area contributed by atoms with E-state index in [0.717, 1.165) is 52.4 Å². The lowest BCUT2D eigenvalue weighted by Crippen LogP contribution is -2.04. The second-order valence-electron chi connectivity index (χ2n) is 5.59. The van der Waals surface area contributed by atoms with Gasteiger partial charge in [0.2, 0.25) is 5.88 Å². The van der Waals surface area contributed by atoms with Gasteiger partial charge in [-0.1, -0.05) is 11.6 Å². The predicted molar refractivity (Wildman–Crippen MR) is 85.2 cm³/mol. The van der Waals surface area contributed by atoms with Crippen molar-refractivity contribution < 1.29 is 4.74 Å². The molecule has 0 atom stereocenters. The topological polar surface area (TPSA) is 48.1 Å². The van der Waals surface area contributed by atoms with Gasteiger partial charge in [0.05, 0.1) is 0 Å². The van der Waals surface area contributed by atoms with Crippen molar-refractivity contribution in [2.75, 3.05) is 0 Å². The molecule has 0 unspecified atom stereocenters. The molecule has 0 bridgehead atoms. The molecule has 0 fully saturated rings. The summed E-state index contributed by atoms with van der Waals surface area (Å²) < 4.78 is 5.99. The maximum atomic E-state index is 6.20. The largest absolute Gasteiger partial charge is 0.439 e. The minimum absolute atomic E-state index is 0.432. The molecule has 2 aromatic rings. The number of nitrogens with two attached hydrogens (primary N) is 1. The van der Waals surface area contributed by atoms with Crippen molar-refractivity contribution in [1.29, 1.82) is 0 Å². The highest BCUT2D eigenvalue weighted by Gasteiger charge is 2.17. The first-order valence-electron chi connectivity index (χ1n) is 7.25. The van der Waals surface area contributed by atoms with Gasteiger partial charge >= 0.3 is 0 Å². The van der Waals surface area contributed by atoms with E-state index in [4.69, 9.17) is 22.1 Å². The fourth-order valence-electron chi connectivity index (χ4n) is 2.81. The Kier molecular flexibility index (Phi) is 3.87. The summed E-state index contributed by atoms with van der Waals surface area (Å²) in [6.45, 7) is 4.38. The Morgan fingerprint density at radius 1 is 1.19 bits per heavy atom. The molecule has 1 aliphatic carbocycles. The van der Waals surface area contributed by atoms with Crippen molar-refractivity contribution in [3.63, 3.8) is 0 Å². The summed E-state index contributed by atoms with van der Waals surface area (Å²) in [4.78, 5) is 4.67. The Morgan fingerprint density at radius 3 is 2.57 bits per heavy atom. The fraction of sp³-hybridized carbons (Fsp3) is 0.353. The SMILES string of the molecule is Cc1cc(Oc2nc3c(cc2CN)CCC3)cc(C)c1Cl. The van der Waals surface area contributed by atoms with E-state index in [1.165, 1.54) is 5.56 Å².